The van der Waals surface area contributed by atoms with Gasteiger partial charge in [0.2, 0.25) is 0 Å². The highest BCUT2D eigenvalue weighted by Crippen LogP contribution is 2.19. The van der Waals surface area contributed by atoms with Gasteiger partial charge in [0.15, 0.2) is 5.17 Å². The van der Waals surface area contributed by atoms with E-state index in [0.29, 0.717) is 12.1 Å². The highest BCUT2D eigenvalue weighted by Gasteiger charge is 2.18. The van der Waals surface area contributed by atoms with Gasteiger partial charge in [-0.3, -0.25) is 4.99 Å². The lowest BCUT2D eigenvalue weighted by atomic mass is 10.1. The Morgan fingerprint density at radius 2 is 2.29 bits per heavy atom. The first-order valence-electron chi connectivity index (χ1n) is 5.77. The van der Waals surface area contributed by atoms with Crippen molar-refractivity contribution in [1.29, 1.82) is 0 Å². The predicted molar refractivity (Wildman–Crippen MR) is 66.1 cm³/mol. The molecule has 2 unspecified atom stereocenters. The molecule has 1 N–H and O–H groups in total. The fourth-order valence-electron chi connectivity index (χ4n) is 1.60. The topological polar surface area (TPSA) is 24.4 Å². The zero-order chi connectivity index (χ0) is 10.4. The monoisotopic (exact) mass is 214 g/mol. The quantitative estimate of drug-likeness (QED) is 0.760. The molecule has 2 atom stereocenters. The number of nitrogens with one attached hydrogen (secondary N) is 1. The summed E-state index contributed by atoms with van der Waals surface area (Å²) >= 11 is 1.88. The number of hydrogen-bond acceptors (Lipinski definition) is 3. The van der Waals surface area contributed by atoms with E-state index in [1.165, 1.54) is 36.6 Å². The van der Waals surface area contributed by atoms with Crippen molar-refractivity contribution in [3.8, 4) is 0 Å². The highest BCUT2D eigenvalue weighted by molar-refractivity contribution is 8.14. The summed E-state index contributed by atoms with van der Waals surface area (Å²) in [5.74, 6) is 1.17. The summed E-state index contributed by atoms with van der Waals surface area (Å²) in [6.07, 6.45) is 4.88. The number of hydrogen-bond donors (Lipinski definition) is 1. The van der Waals surface area contributed by atoms with Crippen LogP contribution < -0.4 is 5.32 Å². The summed E-state index contributed by atoms with van der Waals surface area (Å²) in [5.41, 5.74) is 0. The molecule has 0 aromatic rings. The second kappa shape index (κ2) is 6.33. The number of amidine groups is 1. The number of rotatable bonds is 5. The fourth-order valence-corrected chi connectivity index (χ4v) is 2.74. The maximum Gasteiger partial charge on any atom is 0.157 e. The Morgan fingerprint density at radius 1 is 1.50 bits per heavy atom. The second-order valence-corrected chi connectivity index (χ2v) is 4.85. The molecular weight excluding hydrogens is 192 g/mol. The molecule has 1 aliphatic rings. The summed E-state index contributed by atoms with van der Waals surface area (Å²) in [5, 5.41) is 4.72. The molecule has 14 heavy (non-hydrogen) atoms. The lowest BCUT2D eigenvalue weighted by Gasteiger charge is -2.16. The smallest absolute Gasteiger partial charge is 0.157 e. The molecule has 0 saturated carbocycles. The Morgan fingerprint density at radius 3 is 2.79 bits per heavy atom. The Bertz CT molecular complexity index is 192. The van der Waals surface area contributed by atoms with Gasteiger partial charge < -0.3 is 5.32 Å². The van der Waals surface area contributed by atoms with Crippen molar-refractivity contribution in [1.82, 2.24) is 5.32 Å². The van der Waals surface area contributed by atoms with Crippen molar-refractivity contribution >= 4 is 16.9 Å². The van der Waals surface area contributed by atoms with Crippen molar-refractivity contribution in [2.45, 2.75) is 58.5 Å². The minimum Gasteiger partial charge on any atom is -0.362 e. The highest BCUT2D eigenvalue weighted by atomic mass is 32.2. The fraction of sp³-hybridized carbons (Fsp3) is 0.909. The van der Waals surface area contributed by atoms with Crippen LogP contribution in [0.3, 0.4) is 0 Å². The molecule has 0 bridgehead atoms. The van der Waals surface area contributed by atoms with Gasteiger partial charge in [-0.2, -0.15) is 0 Å². The molecule has 0 fully saturated rings. The molecule has 82 valence electrons. The van der Waals surface area contributed by atoms with Gasteiger partial charge in [0.1, 0.15) is 0 Å². The van der Waals surface area contributed by atoms with Gasteiger partial charge in [-0.15, -0.1) is 0 Å². The maximum absolute atomic E-state index is 4.65. The number of thioether (sulfide) groups is 1. The third-order valence-corrected chi connectivity index (χ3v) is 3.69. The third-order valence-electron chi connectivity index (χ3n) is 2.64. The zero-order valence-corrected chi connectivity index (χ0v) is 10.4. The van der Waals surface area contributed by atoms with Crippen molar-refractivity contribution in [3.63, 3.8) is 0 Å². The Balaban J connectivity index is 2.35. The van der Waals surface area contributed by atoms with Gasteiger partial charge in [-0.1, -0.05) is 39.0 Å². The number of aliphatic imine (C=N–C) groups is 1. The summed E-state index contributed by atoms with van der Waals surface area (Å²) in [6, 6.07) is 1.18. The number of nitrogens with zero attached hydrogens (tertiary/aromatic N) is 1. The standard InChI is InChI=1S/C11H22N2S/c1-4-7-9(5-2)12-11-13-10(6-3)8-14-11/h9-10H,4-8H2,1-3H3,(H,12,13). The van der Waals surface area contributed by atoms with Crippen molar-refractivity contribution < 1.29 is 0 Å². The van der Waals surface area contributed by atoms with Gasteiger partial charge in [-0.05, 0) is 19.3 Å². The van der Waals surface area contributed by atoms with Crippen molar-refractivity contribution in [2.75, 3.05) is 5.75 Å². The van der Waals surface area contributed by atoms with Gasteiger partial charge in [0.05, 0.1) is 6.04 Å². The Kier molecular flexibility index (Phi) is 5.38. The van der Waals surface area contributed by atoms with Gasteiger partial charge in [0.25, 0.3) is 0 Å². The lowest BCUT2D eigenvalue weighted by molar-refractivity contribution is 0.538. The molecule has 0 amide bonds. The summed E-state index contributed by atoms with van der Waals surface area (Å²) in [7, 11) is 0. The molecule has 1 aliphatic heterocycles. The first-order chi connectivity index (χ1) is 6.80. The minimum absolute atomic E-state index is 0.557. The van der Waals surface area contributed by atoms with E-state index in [4.69, 9.17) is 0 Å². The largest absolute Gasteiger partial charge is 0.362 e. The van der Waals surface area contributed by atoms with Crippen molar-refractivity contribution in [2.24, 2.45) is 4.99 Å². The van der Waals surface area contributed by atoms with Crippen LogP contribution in [0.25, 0.3) is 0 Å². The van der Waals surface area contributed by atoms with Crippen LogP contribution in [0, 0.1) is 0 Å². The molecular formula is C11H22N2S. The van der Waals surface area contributed by atoms with E-state index in [-0.39, 0.29) is 0 Å². The van der Waals surface area contributed by atoms with E-state index in [0.717, 1.165) is 0 Å². The van der Waals surface area contributed by atoms with E-state index in [1.54, 1.807) is 0 Å². The van der Waals surface area contributed by atoms with Gasteiger partial charge in [0, 0.05) is 11.8 Å². The summed E-state index contributed by atoms with van der Waals surface area (Å²) in [4.78, 5) is 4.65. The molecule has 0 saturated heterocycles. The van der Waals surface area contributed by atoms with E-state index in [1.807, 2.05) is 11.8 Å². The molecule has 0 aromatic carbocycles. The average molecular weight is 214 g/mol. The van der Waals surface area contributed by atoms with Crippen LogP contribution in [0.4, 0.5) is 0 Å². The molecule has 1 rings (SSSR count). The maximum atomic E-state index is 4.65. The molecule has 0 spiro atoms. The molecule has 0 aromatic heterocycles. The van der Waals surface area contributed by atoms with E-state index < -0.39 is 0 Å². The van der Waals surface area contributed by atoms with Crippen LogP contribution in [0.5, 0.6) is 0 Å². The average Bonchev–Trinajstić information content (AvgIpc) is 2.65. The molecule has 3 heteroatoms. The zero-order valence-electron chi connectivity index (χ0n) is 9.55. The lowest BCUT2D eigenvalue weighted by Crippen LogP contribution is -2.31. The summed E-state index contributed by atoms with van der Waals surface area (Å²) < 4.78 is 0. The molecule has 1 heterocycles. The van der Waals surface area contributed by atoms with Gasteiger partial charge >= 0.3 is 0 Å². The minimum atomic E-state index is 0.557. The van der Waals surface area contributed by atoms with Crippen molar-refractivity contribution in [3.05, 3.63) is 0 Å². The van der Waals surface area contributed by atoms with Crippen LogP contribution in [-0.4, -0.2) is 23.0 Å². The molecule has 0 aliphatic carbocycles. The van der Waals surface area contributed by atoms with E-state index in [2.05, 4.69) is 31.1 Å². The summed E-state index contributed by atoms with van der Waals surface area (Å²) in [6.45, 7) is 6.69. The van der Waals surface area contributed by atoms with Gasteiger partial charge in [-0.25, -0.2) is 0 Å². The van der Waals surface area contributed by atoms with Crippen LogP contribution in [0.2, 0.25) is 0 Å². The normalized spacial score (nSPS) is 23.4. The predicted octanol–water partition coefficient (Wildman–Crippen LogP) is 3.04. The third kappa shape index (κ3) is 3.52. The van der Waals surface area contributed by atoms with E-state index >= 15 is 0 Å². The van der Waals surface area contributed by atoms with Crippen LogP contribution in [0.15, 0.2) is 4.99 Å². The second-order valence-electron chi connectivity index (χ2n) is 3.85. The Labute approximate surface area is 92.0 Å². The molecule has 2 nitrogen and oxygen atoms in total. The SMILES string of the molecule is CCCC(CC)NC1=NC(CC)CS1. The van der Waals surface area contributed by atoms with Crippen LogP contribution in [0.1, 0.15) is 46.5 Å². The first kappa shape index (κ1) is 11.9. The first-order valence-corrected chi connectivity index (χ1v) is 6.75. The van der Waals surface area contributed by atoms with Crippen LogP contribution in [-0.2, 0) is 0 Å². The molecule has 0 radical (unpaired) electrons. The Hall–Kier alpha value is -0.180. The van der Waals surface area contributed by atoms with Crippen LogP contribution >= 0.6 is 11.8 Å². The van der Waals surface area contributed by atoms with E-state index in [9.17, 15) is 0 Å².